The van der Waals surface area contributed by atoms with Crippen LogP contribution in [0.2, 0.25) is 0 Å². The smallest absolute Gasteiger partial charge is 0.376 e. The zero-order valence-corrected chi connectivity index (χ0v) is 10.8. The van der Waals surface area contributed by atoms with Crippen molar-refractivity contribution < 1.29 is 27.8 Å². The number of halogens is 2. The van der Waals surface area contributed by atoms with Crippen molar-refractivity contribution in [3.8, 4) is 0 Å². The molecule has 106 valence electrons. The fourth-order valence-electron chi connectivity index (χ4n) is 4.09. The number of alkyl halides is 2. The van der Waals surface area contributed by atoms with Gasteiger partial charge < -0.3 is 9.47 Å². The Bertz CT molecular complexity index is 431. The van der Waals surface area contributed by atoms with Crippen molar-refractivity contribution in [3.05, 3.63) is 0 Å². The van der Waals surface area contributed by atoms with E-state index in [0.29, 0.717) is 6.92 Å². The fraction of sp³-hybridized carbons (Fsp3) is 0.846. The van der Waals surface area contributed by atoms with E-state index in [0.717, 1.165) is 6.42 Å². The first kappa shape index (κ1) is 12.8. The van der Waals surface area contributed by atoms with E-state index in [1.54, 1.807) is 0 Å². The lowest BCUT2D eigenvalue weighted by atomic mass is 9.75. The first-order chi connectivity index (χ1) is 8.80. The second-order valence-corrected chi connectivity index (χ2v) is 6.00. The molecule has 19 heavy (non-hydrogen) atoms. The summed E-state index contributed by atoms with van der Waals surface area (Å²) in [6, 6.07) is 0. The van der Waals surface area contributed by atoms with E-state index in [9.17, 15) is 18.4 Å². The van der Waals surface area contributed by atoms with E-state index < -0.39 is 11.9 Å². The Balaban J connectivity index is 1.68. The van der Waals surface area contributed by atoms with Gasteiger partial charge in [0.25, 0.3) is 0 Å². The first-order valence-electron chi connectivity index (χ1n) is 6.56. The summed E-state index contributed by atoms with van der Waals surface area (Å²) in [5, 5.41) is 0. The highest BCUT2D eigenvalue weighted by molar-refractivity contribution is 5.78. The van der Waals surface area contributed by atoms with Crippen molar-refractivity contribution in [1.82, 2.24) is 0 Å². The molecule has 3 fully saturated rings. The van der Waals surface area contributed by atoms with Crippen molar-refractivity contribution in [2.24, 2.45) is 29.6 Å². The molecule has 0 aromatic heterocycles. The third kappa shape index (κ3) is 1.75. The van der Waals surface area contributed by atoms with Gasteiger partial charge in [0.05, 0.1) is 12.5 Å². The van der Waals surface area contributed by atoms with E-state index >= 15 is 0 Å². The lowest BCUT2D eigenvalue weighted by molar-refractivity contribution is -0.172. The highest BCUT2D eigenvalue weighted by atomic mass is 19.3. The fourth-order valence-corrected chi connectivity index (χ4v) is 4.09. The summed E-state index contributed by atoms with van der Waals surface area (Å²) in [7, 11) is 0. The van der Waals surface area contributed by atoms with Crippen LogP contribution in [0.25, 0.3) is 0 Å². The lowest BCUT2D eigenvalue weighted by Crippen LogP contribution is -2.37. The normalized spacial score (nSPS) is 43.5. The first-order valence-corrected chi connectivity index (χ1v) is 6.56. The Morgan fingerprint density at radius 1 is 1.47 bits per heavy atom. The number of ether oxygens (including phenoxy) is 2. The molecule has 0 radical (unpaired) electrons. The Morgan fingerprint density at radius 2 is 2.16 bits per heavy atom. The number of hydrogen-bond acceptors (Lipinski definition) is 4. The molecule has 3 rings (SSSR count). The molecule has 2 bridgehead atoms. The molecule has 0 amide bonds. The molecule has 1 saturated heterocycles. The van der Waals surface area contributed by atoms with Crippen LogP contribution in [-0.4, -0.2) is 30.6 Å². The van der Waals surface area contributed by atoms with E-state index in [-0.39, 0.29) is 48.3 Å². The van der Waals surface area contributed by atoms with Crippen molar-refractivity contribution in [3.63, 3.8) is 0 Å². The molecular formula is C13H16F2O4. The van der Waals surface area contributed by atoms with Crippen LogP contribution in [0.4, 0.5) is 8.78 Å². The molecule has 0 spiro atoms. The Hall–Kier alpha value is -1.20. The molecule has 0 N–H and O–H groups in total. The van der Waals surface area contributed by atoms with E-state index in [1.807, 2.05) is 6.92 Å². The van der Waals surface area contributed by atoms with E-state index in [2.05, 4.69) is 0 Å². The van der Waals surface area contributed by atoms with E-state index in [1.165, 1.54) is 0 Å². The summed E-state index contributed by atoms with van der Waals surface area (Å²) in [4.78, 5) is 22.8. The van der Waals surface area contributed by atoms with Gasteiger partial charge in [-0.3, -0.25) is 4.79 Å². The molecule has 6 heteroatoms. The summed E-state index contributed by atoms with van der Waals surface area (Å²) in [6.45, 7) is 2.42. The van der Waals surface area contributed by atoms with Crippen molar-refractivity contribution >= 4 is 11.9 Å². The predicted octanol–water partition coefficient (Wildman–Crippen LogP) is 1.63. The van der Waals surface area contributed by atoms with Gasteiger partial charge >= 0.3 is 17.9 Å². The molecule has 2 aliphatic carbocycles. The van der Waals surface area contributed by atoms with Crippen LogP contribution in [0.5, 0.6) is 0 Å². The highest BCUT2D eigenvalue weighted by Gasteiger charge is 2.65. The van der Waals surface area contributed by atoms with Crippen LogP contribution < -0.4 is 0 Å². The standard InChI is InChI=1S/C13H16F2O4/c1-5-6-3-7-9(5)11(16)19-10(7)8(6)4-18-12(17)13(2,14)15/h5-10H,3-4H2,1-2H3. The Kier molecular flexibility index (Phi) is 2.63. The average Bonchev–Trinajstić information content (AvgIpc) is 2.87. The highest BCUT2D eigenvalue weighted by Crippen LogP contribution is 2.60. The van der Waals surface area contributed by atoms with Gasteiger partial charge in [0.15, 0.2) is 0 Å². The van der Waals surface area contributed by atoms with Gasteiger partial charge in [-0.2, -0.15) is 8.78 Å². The van der Waals surface area contributed by atoms with Gasteiger partial charge in [0.1, 0.15) is 6.10 Å². The van der Waals surface area contributed by atoms with Crippen LogP contribution in [0.15, 0.2) is 0 Å². The molecule has 6 atom stereocenters. The second-order valence-electron chi connectivity index (χ2n) is 6.00. The SMILES string of the molecule is CC1C2CC3C(OC(=O)C13)C2COC(=O)C(C)(F)F. The van der Waals surface area contributed by atoms with Crippen molar-refractivity contribution in [2.45, 2.75) is 32.3 Å². The van der Waals surface area contributed by atoms with Crippen LogP contribution >= 0.6 is 0 Å². The van der Waals surface area contributed by atoms with Crippen LogP contribution in [0, 0.1) is 29.6 Å². The van der Waals surface area contributed by atoms with Crippen LogP contribution in [0.3, 0.4) is 0 Å². The number of carbonyl (C=O) groups excluding carboxylic acids is 2. The summed E-state index contributed by atoms with van der Waals surface area (Å²) >= 11 is 0. The number of rotatable bonds is 3. The van der Waals surface area contributed by atoms with Gasteiger partial charge in [-0.15, -0.1) is 0 Å². The summed E-state index contributed by atoms with van der Waals surface area (Å²) in [5.41, 5.74) is 0. The third-order valence-corrected chi connectivity index (χ3v) is 4.93. The number of fused-ring (bicyclic) bond motifs is 1. The maximum absolute atomic E-state index is 12.7. The van der Waals surface area contributed by atoms with Gasteiger partial charge in [-0.25, -0.2) is 4.79 Å². The molecule has 1 heterocycles. The largest absolute Gasteiger partial charge is 0.461 e. The molecular weight excluding hydrogens is 258 g/mol. The van der Waals surface area contributed by atoms with Crippen LogP contribution in [0.1, 0.15) is 20.3 Å². The minimum absolute atomic E-state index is 0.0467. The predicted molar refractivity (Wildman–Crippen MR) is 59.2 cm³/mol. The summed E-state index contributed by atoms with van der Waals surface area (Å²) in [6.07, 6.45) is 0.615. The molecule has 2 saturated carbocycles. The molecule has 1 aliphatic heterocycles. The van der Waals surface area contributed by atoms with Crippen molar-refractivity contribution in [1.29, 1.82) is 0 Å². The Labute approximate surface area is 109 Å². The van der Waals surface area contributed by atoms with Gasteiger partial charge in [-0.1, -0.05) is 6.92 Å². The maximum atomic E-state index is 12.7. The molecule has 0 aromatic rings. The molecule has 0 aromatic carbocycles. The van der Waals surface area contributed by atoms with E-state index in [4.69, 9.17) is 9.47 Å². The third-order valence-electron chi connectivity index (χ3n) is 4.93. The van der Waals surface area contributed by atoms with Crippen molar-refractivity contribution in [2.75, 3.05) is 6.61 Å². The van der Waals surface area contributed by atoms with Gasteiger partial charge in [0, 0.05) is 18.8 Å². The number of esters is 2. The molecule has 6 unspecified atom stereocenters. The molecule has 4 nitrogen and oxygen atoms in total. The second kappa shape index (κ2) is 3.90. The Morgan fingerprint density at radius 3 is 2.79 bits per heavy atom. The maximum Gasteiger partial charge on any atom is 0.376 e. The monoisotopic (exact) mass is 274 g/mol. The topological polar surface area (TPSA) is 52.6 Å². The zero-order chi connectivity index (χ0) is 13.9. The van der Waals surface area contributed by atoms with Gasteiger partial charge in [0.2, 0.25) is 0 Å². The summed E-state index contributed by atoms with van der Waals surface area (Å²) < 4.78 is 35.5. The van der Waals surface area contributed by atoms with Crippen LogP contribution in [-0.2, 0) is 19.1 Å². The quantitative estimate of drug-likeness (QED) is 0.734. The molecule has 3 aliphatic rings. The number of hydrogen-bond donors (Lipinski definition) is 0. The number of carbonyl (C=O) groups is 2. The lowest BCUT2D eigenvalue weighted by Gasteiger charge is -2.29. The van der Waals surface area contributed by atoms with Gasteiger partial charge in [-0.05, 0) is 18.3 Å². The minimum Gasteiger partial charge on any atom is -0.461 e. The zero-order valence-electron chi connectivity index (χ0n) is 10.8. The average molecular weight is 274 g/mol. The minimum atomic E-state index is -3.47. The summed E-state index contributed by atoms with van der Waals surface area (Å²) in [5.74, 6) is -4.75.